The number of pyridine rings is 1. The van der Waals surface area contributed by atoms with Crippen molar-refractivity contribution < 1.29 is 9.47 Å². The highest BCUT2D eigenvalue weighted by molar-refractivity contribution is 9.10. The Kier molecular flexibility index (Phi) is 4.73. The maximum atomic E-state index is 12.8. The Bertz CT molecular complexity index is 963. The number of rotatable bonds is 4. The first-order valence-electron chi connectivity index (χ1n) is 7.54. The van der Waals surface area contributed by atoms with Crippen molar-refractivity contribution >= 4 is 26.7 Å². The highest BCUT2D eigenvalue weighted by Crippen LogP contribution is 2.37. The summed E-state index contributed by atoms with van der Waals surface area (Å²) in [4.78, 5) is 12.8. The largest absolute Gasteiger partial charge is 0.467 e. The van der Waals surface area contributed by atoms with Crippen LogP contribution in [0.4, 0.5) is 0 Å². The van der Waals surface area contributed by atoms with Gasteiger partial charge in [0.25, 0.3) is 5.56 Å². The van der Waals surface area contributed by atoms with Gasteiger partial charge in [0.05, 0.1) is 10.2 Å². The van der Waals surface area contributed by atoms with Gasteiger partial charge in [0.2, 0.25) is 0 Å². The van der Waals surface area contributed by atoms with Gasteiger partial charge in [0.1, 0.15) is 5.75 Å². The Morgan fingerprint density at radius 3 is 2.62 bits per heavy atom. The second-order valence-corrected chi connectivity index (χ2v) is 6.42. The molecule has 0 saturated carbocycles. The molecule has 0 aliphatic rings. The predicted octanol–water partition coefficient (Wildman–Crippen LogP) is 4.26. The van der Waals surface area contributed by atoms with E-state index in [9.17, 15) is 4.79 Å². The molecule has 5 heteroatoms. The number of hydrogen-bond acceptors (Lipinski definition) is 3. The molecule has 0 unspecified atom stereocenters. The number of halogens is 1. The van der Waals surface area contributed by atoms with Crippen LogP contribution in [0.2, 0.25) is 0 Å². The number of ether oxygens (including phenoxy) is 2. The predicted molar refractivity (Wildman–Crippen MR) is 99.6 cm³/mol. The van der Waals surface area contributed by atoms with Crippen molar-refractivity contribution in [2.24, 2.45) is 7.05 Å². The summed E-state index contributed by atoms with van der Waals surface area (Å²) in [5.74, 6) is 0.669. The summed E-state index contributed by atoms with van der Waals surface area (Å²) >= 11 is 3.69. The van der Waals surface area contributed by atoms with Gasteiger partial charge in [-0.25, -0.2) is 0 Å². The topological polar surface area (TPSA) is 40.5 Å². The molecule has 1 heterocycles. The van der Waals surface area contributed by atoms with Crippen LogP contribution >= 0.6 is 15.9 Å². The average Bonchev–Trinajstić information content (AvgIpc) is 2.59. The van der Waals surface area contributed by atoms with E-state index >= 15 is 0 Å². The molecule has 0 saturated heterocycles. The lowest BCUT2D eigenvalue weighted by Gasteiger charge is -2.17. The molecule has 3 rings (SSSR count). The van der Waals surface area contributed by atoms with Crippen LogP contribution in [0.3, 0.4) is 0 Å². The summed E-state index contributed by atoms with van der Waals surface area (Å²) in [5.41, 5.74) is 2.69. The number of para-hydroxylation sites is 1. The Balaban J connectivity index is 2.33. The summed E-state index contributed by atoms with van der Waals surface area (Å²) < 4.78 is 13.2. The molecule has 4 nitrogen and oxygen atoms in total. The highest BCUT2D eigenvalue weighted by Gasteiger charge is 2.17. The van der Waals surface area contributed by atoms with Crippen molar-refractivity contribution in [3.63, 3.8) is 0 Å². The molecule has 0 bridgehead atoms. The summed E-state index contributed by atoms with van der Waals surface area (Å²) in [5, 5.41) is 1.59. The van der Waals surface area contributed by atoms with Gasteiger partial charge in [-0.2, -0.15) is 0 Å². The lowest BCUT2D eigenvalue weighted by molar-refractivity contribution is 0.0515. The molecule has 24 heavy (non-hydrogen) atoms. The Hall–Kier alpha value is -2.11. The number of aromatic nitrogens is 1. The molecular weight excluding hydrogens is 370 g/mol. The van der Waals surface area contributed by atoms with E-state index in [-0.39, 0.29) is 12.4 Å². The third-order valence-corrected chi connectivity index (χ3v) is 4.77. The third-order valence-electron chi connectivity index (χ3n) is 3.96. The van der Waals surface area contributed by atoms with Crippen LogP contribution in [-0.2, 0) is 11.8 Å². The first kappa shape index (κ1) is 16.7. The Labute approximate surface area is 148 Å². The Morgan fingerprint density at radius 1 is 1.12 bits per heavy atom. The molecule has 0 radical (unpaired) electrons. The number of fused-ring (bicyclic) bond motifs is 1. The van der Waals surface area contributed by atoms with Gasteiger partial charge in [-0.1, -0.05) is 29.8 Å². The number of nitrogens with zero attached hydrogens (tertiary/aromatic N) is 1. The van der Waals surface area contributed by atoms with Gasteiger partial charge in [-0.15, -0.1) is 0 Å². The summed E-state index contributed by atoms with van der Waals surface area (Å²) in [7, 11) is 3.35. The molecule has 0 N–H and O–H groups in total. The highest BCUT2D eigenvalue weighted by atomic mass is 79.9. The molecule has 0 aliphatic carbocycles. The second-order valence-electron chi connectivity index (χ2n) is 5.62. The minimum absolute atomic E-state index is 0.0373. The fourth-order valence-electron chi connectivity index (χ4n) is 2.79. The van der Waals surface area contributed by atoms with Crippen molar-refractivity contribution in [3.05, 3.63) is 62.9 Å². The first-order valence-corrected chi connectivity index (χ1v) is 8.34. The summed E-state index contributed by atoms with van der Waals surface area (Å²) in [6.07, 6.45) is 0. The van der Waals surface area contributed by atoms with E-state index in [1.54, 1.807) is 18.7 Å². The number of methoxy groups -OCH3 is 1. The lowest BCUT2D eigenvalue weighted by atomic mass is 10.0. The van der Waals surface area contributed by atoms with Crippen LogP contribution in [0.15, 0.2) is 51.7 Å². The molecule has 2 aromatic carbocycles. The Morgan fingerprint density at radius 2 is 1.88 bits per heavy atom. The standard InChI is InChI=1S/C19H18BrNO3/c1-12-8-9-13-15(10-12)17(20)18(21(2)19(13)22)14-6-4-5-7-16(14)24-11-23-3/h4-10H,11H2,1-3H3. The fourth-order valence-corrected chi connectivity index (χ4v) is 3.60. The van der Waals surface area contributed by atoms with Gasteiger partial charge >= 0.3 is 0 Å². The molecule has 0 atom stereocenters. The number of aryl methyl sites for hydroxylation is 1. The minimum atomic E-state index is -0.0373. The smallest absolute Gasteiger partial charge is 0.258 e. The molecular formula is C19H18BrNO3. The van der Waals surface area contributed by atoms with E-state index in [0.29, 0.717) is 11.1 Å². The molecule has 1 aromatic heterocycles. The van der Waals surface area contributed by atoms with Crippen LogP contribution in [0.1, 0.15) is 5.56 Å². The maximum Gasteiger partial charge on any atom is 0.258 e. The van der Waals surface area contributed by atoms with Gasteiger partial charge < -0.3 is 14.0 Å². The van der Waals surface area contributed by atoms with Crippen molar-refractivity contribution in [2.75, 3.05) is 13.9 Å². The van der Waals surface area contributed by atoms with E-state index in [4.69, 9.17) is 9.47 Å². The van der Waals surface area contributed by atoms with Crippen LogP contribution in [0.5, 0.6) is 5.75 Å². The van der Waals surface area contributed by atoms with Crippen molar-refractivity contribution in [3.8, 4) is 17.0 Å². The van der Waals surface area contributed by atoms with E-state index < -0.39 is 0 Å². The summed E-state index contributed by atoms with van der Waals surface area (Å²) in [6, 6.07) is 13.5. The van der Waals surface area contributed by atoms with Crippen LogP contribution in [0.25, 0.3) is 22.0 Å². The maximum absolute atomic E-state index is 12.8. The van der Waals surface area contributed by atoms with E-state index in [2.05, 4.69) is 15.9 Å². The monoisotopic (exact) mass is 387 g/mol. The number of hydrogen-bond donors (Lipinski definition) is 0. The zero-order valence-electron chi connectivity index (χ0n) is 13.8. The van der Waals surface area contributed by atoms with Gasteiger partial charge in [-0.3, -0.25) is 4.79 Å². The SMILES string of the molecule is COCOc1ccccc1-c1c(Br)c2cc(C)ccc2c(=O)n1C. The molecule has 124 valence electrons. The summed E-state index contributed by atoms with van der Waals surface area (Å²) in [6.45, 7) is 2.16. The molecule has 0 spiro atoms. The quantitative estimate of drug-likeness (QED) is 0.628. The molecule has 3 aromatic rings. The minimum Gasteiger partial charge on any atom is -0.467 e. The lowest BCUT2D eigenvalue weighted by Crippen LogP contribution is -2.19. The van der Waals surface area contributed by atoms with E-state index in [1.165, 1.54) is 0 Å². The van der Waals surface area contributed by atoms with Crippen molar-refractivity contribution in [1.82, 2.24) is 4.57 Å². The molecule has 0 aliphatic heterocycles. The van der Waals surface area contributed by atoms with Gasteiger partial charge in [0.15, 0.2) is 6.79 Å². The first-order chi connectivity index (χ1) is 11.5. The van der Waals surface area contributed by atoms with Crippen LogP contribution in [-0.4, -0.2) is 18.5 Å². The van der Waals surface area contributed by atoms with Crippen molar-refractivity contribution in [1.29, 1.82) is 0 Å². The zero-order chi connectivity index (χ0) is 17.3. The third kappa shape index (κ3) is 2.85. The van der Waals surface area contributed by atoms with Gasteiger partial charge in [0, 0.05) is 30.5 Å². The normalized spacial score (nSPS) is 11.0. The number of benzene rings is 2. The van der Waals surface area contributed by atoms with Crippen molar-refractivity contribution in [2.45, 2.75) is 6.92 Å². The average molecular weight is 388 g/mol. The van der Waals surface area contributed by atoms with Crippen LogP contribution in [0, 0.1) is 6.92 Å². The van der Waals surface area contributed by atoms with E-state index in [0.717, 1.165) is 26.7 Å². The second kappa shape index (κ2) is 6.79. The zero-order valence-corrected chi connectivity index (χ0v) is 15.4. The molecule has 0 fully saturated rings. The van der Waals surface area contributed by atoms with Crippen LogP contribution < -0.4 is 10.3 Å². The molecule has 0 amide bonds. The van der Waals surface area contributed by atoms with E-state index in [1.807, 2.05) is 49.4 Å². The fraction of sp³-hybridized carbons (Fsp3) is 0.211. The van der Waals surface area contributed by atoms with Gasteiger partial charge in [-0.05, 0) is 41.1 Å².